The van der Waals surface area contributed by atoms with E-state index in [0.29, 0.717) is 0 Å². The van der Waals surface area contributed by atoms with Crippen molar-refractivity contribution >= 4 is 36.6 Å². The van der Waals surface area contributed by atoms with Crippen molar-refractivity contribution in [2.75, 3.05) is 0 Å². The topological polar surface area (TPSA) is 4.93 Å². The SMILES string of the molecule is [Cl][Hf]([Cl])[Cl].c1ccc(-n2c3c(c4ccccc42)Cc2ccccc2-3)cc1. The molecule has 1 aliphatic carbocycles. The van der Waals surface area contributed by atoms with E-state index < -0.39 is 17.9 Å². The number of para-hydroxylation sites is 2. The van der Waals surface area contributed by atoms with Gasteiger partial charge in [-0.3, -0.25) is 0 Å². The summed E-state index contributed by atoms with van der Waals surface area (Å²) in [6, 6.07) is 28.2. The summed E-state index contributed by atoms with van der Waals surface area (Å²) in [5.74, 6) is 0. The maximum atomic E-state index is 5.02. The van der Waals surface area contributed by atoms with Crippen LogP contribution in [0.5, 0.6) is 0 Å². The average Bonchev–Trinajstić information content (AvgIpc) is 3.17. The van der Waals surface area contributed by atoms with E-state index in [2.05, 4.69) is 83.4 Å². The molecule has 0 N–H and O–H groups in total. The van der Waals surface area contributed by atoms with Crippen LogP contribution in [0.1, 0.15) is 11.1 Å². The number of fused-ring (bicyclic) bond motifs is 5. The molecule has 0 unspecified atom stereocenters. The maximum absolute atomic E-state index is 5.02. The molecular formula is C21H15Cl3HfN. The minimum atomic E-state index is -2.24. The summed E-state index contributed by atoms with van der Waals surface area (Å²) in [5.41, 5.74) is 8.16. The van der Waals surface area contributed by atoms with Crippen LogP contribution in [0, 0.1) is 0 Å². The fourth-order valence-electron chi connectivity index (χ4n) is 3.71. The molecule has 0 radical (unpaired) electrons. The second-order valence-electron chi connectivity index (χ2n) is 6.06. The summed E-state index contributed by atoms with van der Waals surface area (Å²) in [6.45, 7) is 0. The third-order valence-corrected chi connectivity index (χ3v) is 4.63. The van der Waals surface area contributed by atoms with Gasteiger partial charge in [-0.05, 0) is 29.3 Å². The van der Waals surface area contributed by atoms with Gasteiger partial charge in [-0.2, -0.15) is 0 Å². The van der Waals surface area contributed by atoms with Gasteiger partial charge in [0.2, 0.25) is 0 Å². The molecule has 5 rings (SSSR count). The normalized spacial score (nSPS) is 11.5. The fraction of sp³-hybridized carbons (Fsp3) is 0.0476. The number of hydrogen-bond acceptors (Lipinski definition) is 0. The van der Waals surface area contributed by atoms with Gasteiger partial charge >= 0.3 is 43.6 Å². The molecule has 129 valence electrons. The third kappa shape index (κ3) is 3.41. The van der Waals surface area contributed by atoms with Gasteiger partial charge in [0, 0.05) is 23.1 Å². The average molecular weight is 566 g/mol. The summed E-state index contributed by atoms with van der Waals surface area (Å²) in [6.07, 6.45) is 1.03. The molecule has 0 amide bonds. The standard InChI is InChI=1S/C21H15N.3ClH.Hf/c1-2-9-16(10-3-1)22-20-13-7-6-12-18(20)19-14-15-8-4-5-11-17(15)21(19)22;;;;/h1-13H,14H2;3*1H;/q;;;;+3/p-3. The quantitative estimate of drug-likeness (QED) is 0.188. The van der Waals surface area contributed by atoms with Crippen LogP contribution in [0.2, 0.25) is 0 Å². The van der Waals surface area contributed by atoms with E-state index in [4.69, 9.17) is 25.7 Å². The first-order chi connectivity index (χ1) is 12.7. The number of nitrogens with zero attached hydrogens (tertiary/aromatic N) is 1. The Morgan fingerprint density at radius 1 is 0.731 bits per heavy atom. The molecule has 1 aromatic heterocycles. The smallest absolute Gasteiger partial charge is 0.0579 e. The van der Waals surface area contributed by atoms with Crippen molar-refractivity contribution in [2.24, 2.45) is 0 Å². The summed E-state index contributed by atoms with van der Waals surface area (Å²) >= 11 is -2.24. The minimum absolute atomic E-state index is 1.03. The van der Waals surface area contributed by atoms with Crippen molar-refractivity contribution in [2.45, 2.75) is 6.42 Å². The zero-order chi connectivity index (χ0) is 18.1. The molecule has 0 fully saturated rings. The van der Waals surface area contributed by atoms with E-state index >= 15 is 0 Å². The van der Waals surface area contributed by atoms with Crippen molar-refractivity contribution in [1.29, 1.82) is 0 Å². The van der Waals surface area contributed by atoms with E-state index in [1.807, 2.05) is 0 Å². The molecule has 1 nitrogen and oxygen atoms in total. The molecule has 0 spiro atoms. The van der Waals surface area contributed by atoms with E-state index in [1.54, 1.807) is 0 Å². The number of rotatable bonds is 1. The van der Waals surface area contributed by atoms with Crippen molar-refractivity contribution in [1.82, 2.24) is 4.57 Å². The molecular weight excluding hydrogens is 551 g/mol. The van der Waals surface area contributed by atoms with Gasteiger partial charge in [0.25, 0.3) is 0 Å². The summed E-state index contributed by atoms with van der Waals surface area (Å²) in [7, 11) is 15.1. The summed E-state index contributed by atoms with van der Waals surface area (Å²) < 4.78 is 2.41. The predicted octanol–water partition coefficient (Wildman–Crippen LogP) is 7.27. The Hall–Kier alpha value is -1.06. The van der Waals surface area contributed by atoms with Gasteiger partial charge < -0.3 is 4.57 Å². The second kappa shape index (κ2) is 7.90. The Kier molecular flexibility index (Phi) is 5.56. The van der Waals surface area contributed by atoms with Crippen LogP contribution in [0.15, 0.2) is 78.9 Å². The van der Waals surface area contributed by atoms with Crippen LogP contribution >= 0.6 is 25.7 Å². The monoisotopic (exact) mass is 566 g/mol. The number of hydrogen-bond donors (Lipinski definition) is 0. The molecule has 0 atom stereocenters. The molecule has 1 heterocycles. The summed E-state index contributed by atoms with van der Waals surface area (Å²) in [4.78, 5) is 0. The molecule has 0 bridgehead atoms. The Morgan fingerprint density at radius 3 is 2.12 bits per heavy atom. The Labute approximate surface area is 171 Å². The van der Waals surface area contributed by atoms with Gasteiger partial charge in [0.05, 0.1) is 11.2 Å². The first-order valence-corrected chi connectivity index (χ1v) is 21.6. The van der Waals surface area contributed by atoms with Crippen LogP contribution in [0.25, 0.3) is 27.8 Å². The third-order valence-electron chi connectivity index (χ3n) is 4.63. The van der Waals surface area contributed by atoms with Gasteiger partial charge in [-0.15, -0.1) is 0 Å². The van der Waals surface area contributed by atoms with Gasteiger partial charge in [-0.1, -0.05) is 60.7 Å². The molecule has 0 saturated heterocycles. The minimum Gasteiger partial charge on any atom is -0.309 e. The van der Waals surface area contributed by atoms with Gasteiger partial charge in [0.15, 0.2) is 0 Å². The Bertz CT molecular complexity index is 1050. The Balaban J connectivity index is 0.000000385. The zero-order valence-corrected chi connectivity index (χ0v) is 19.7. The van der Waals surface area contributed by atoms with Crippen molar-refractivity contribution in [3.63, 3.8) is 0 Å². The molecule has 0 aliphatic heterocycles. The molecule has 5 heteroatoms. The number of aromatic nitrogens is 1. The number of benzene rings is 3. The molecule has 3 aromatic carbocycles. The van der Waals surface area contributed by atoms with Crippen LogP contribution in [0.3, 0.4) is 0 Å². The Morgan fingerprint density at radius 2 is 1.35 bits per heavy atom. The zero-order valence-electron chi connectivity index (χ0n) is 13.8. The van der Waals surface area contributed by atoms with E-state index in [0.717, 1.165) is 6.42 Å². The predicted molar refractivity (Wildman–Crippen MR) is 109 cm³/mol. The molecule has 0 saturated carbocycles. The van der Waals surface area contributed by atoms with Crippen LogP contribution in [0.4, 0.5) is 0 Å². The first-order valence-electron chi connectivity index (χ1n) is 8.26. The molecule has 26 heavy (non-hydrogen) atoms. The van der Waals surface area contributed by atoms with Crippen LogP contribution in [-0.4, -0.2) is 4.57 Å². The number of halogens is 3. The largest absolute Gasteiger partial charge is 0.309 e. The molecule has 4 aromatic rings. The van der Waals surface area contributed by atoms with Crippen LogP contribution < -0.4 is 0 Å². The van der Waals surface area contributed by atoms with E-state index in [1.165, 1.54) is 39.0 Å². The van der Waals surface area contributed by atoms with Crippen molar-refractivity contribution < 1.29 is 17.9 Å². The maximum Gasteiger partial charge on any atom is 0.0579 e. The molecule has 1 aliphatic rings. The fourth-order valence-corrected chi connectivity index (χ4v) is 3.71. The first kappa shape index (κ1) is 18.3. The van der Waals surface area contributed by atoms with Crippen LogP contribution in [-0.2, 0) is 24.3 Å². The van der Waals surface area contributed by atoms with E-state index in [-0.39, 0.29) is 0 Å². The van der Waals surface area contributed by atoms with Gasteiger partial charge in [-0.25, -0.2) is 0 Å². The van der Waals surface area contributed by atoms with Gasteiger partial charge in [0.1, 0.15) is 0 Å². The van der Waals surface area contributed by atoms with E-state index in [9.17, 15) is 0 Å². The second-order valence-corrected chi connectivity index (χ2v) is 21.6. The van der Waals surface area contributed by atoms with Crippen molar-refractivity contribution in [3.05, 3.63) is 90.0 Å². The van der Waals surface area contributed by atoms with Crippen molar-refractivity contribution in [3.8, 4) is 16.9 Å². The summed E-state index contributed by atoms with van der Waals surface area (Å²) in [5, 5.41) is 1.37.